The number of aromatic nitrogens is 1. The first kappa shape index (κ1) is 17.3. The zero-order valence-corrected chi connectivity index (χ0v) is 15.8. The van der Waals surface area contributed by atoms with Crippen LogP contribution in [-0.4, -0.2) is 31.2 Å². The molecule has 5 nitrogen and oxygen atoms in total. The van der Waals surface area contributed by atoms with E-state index in [1.807, 2.05) is 25.1 Å². The van der Waals surface area contributed by atoms with Crippen molar-refractivity contribution in [2.45, 2.75) is 20.3 Å². The molecular weight excluding hydrogens is 340 g/mol. The molecule has 0 radical (unpaired) electrons. The number of amides is 1. The van der Waals surface area contributed by atoms with Crippen molar-refractivity contribution in [1.29, 1.82) is 0 Å². The van der Waals surface area contributed by atoms with Gasteiger partial charge in [0, 0.05) is 11.6 Å². The molecule has 0 bridgehead atoms. The molecule has 1 N–H and O–H groups in total. The number of carbonyl (C=O) groups is 1. The molecule has 4 rings (SSSR count). The van der Waals surface area contributed by atoms with Crippen molar-refractivity contribution in [3.8, 4) is 11.6 Å². The number of nitrogens with one attached hydrogen (secondary N) is 1. The van der Waals surface area contributed by atoms with Crippen LogP contribution in [0.4, 0.5) is 0 Å². The first-order chi connectivity index (χ1) is 13.1. The van der Waals surface area contributed by atoms with Gasteiger partial charge in [-0.2, -0.15) is 0 Å². The van der Waals surface area contributed by atoms with Crippen LogP contribution in [0.25, 0.3) is 10.8 Å². The molecule has 0 spiro atoms. The number of nitrogens with zero attached hydrogens (tertiary/aromatic N) is 1. The fraction of sp³-hybridized carbons (Fsp3) is 0.273. The summed E-state index contributed by atoms with van der Waals surface area (Å²) >= 11 is 0. The molecule has 0 aliphatic carbocycles. The second-order valence-electron chi connectivity index (χ2n) is 6.82. The average Bonchev–Trinajstić information content (AvgIpc) is 2.87. The van der Waals surface area contributed by atoms with E-state index < -0.39 is 0 Å². The lowest BCUT2D eigenvalue weighted by atomic mass is 9.93. The zero-order valence-electron chi connectivity index (χ0n) is 15.8. The maximum absolute atomic E-state index is 12.4. The van der Waals surface area contributed by atoms with Crippen molar-refractivity contribution >= 4 is 16.7 Å². The normalized spacial score (nSPS) is 13.5. The SMILES string of the molecule is COc1nccc2cc(Cc3cc4c(c(C)c3C)OCCNC4=O)ccc12. The highest BCUT2D eigenvalue weighted by Crippen LogP contribution is 2.32. The van der Waals surface area contributed by atoms with Gasteiger partial charge in [-0.05, 0) is 66.1 Å². The van der Waals surface area contributed by atoms with Gasteiger partial charge in [-0.1, -0.05) is 12.1 Å². The summed E-state index contributed by atoms with van der Waals surface area (Å²) < 4.78 is 11.2. The Labute approximate surface area is 158 Å². The van der Waals surface area contributed by atoms with Gasteiger partial charge in [0.2, 0.25) is 5.88 Å². The van der Waals surface area contributed by atoms with Crippen LogP contribution in [0.5, 0.6) is 11.6 Å². The van der Waals surface area contributed by atoms with Gasteiger partial charge in [-0.3, -0.25) is 4.79 Å². The minimum Gasteiger partial charge on any atom is -0.491 e. The summed E-state index contributed by atoms with van der Waals surface area (Å²) in [5.41, 5.74) is 5.12. The molecule has 0 fully saturated rings. The summed E-state index contributed by atoms with van der Waals surface area (Å²) in [6.07, 6.45) is 2.50. The Morgan fingerprint density at radius 3 is 2.85 bits per heavy atom. The third kappa shape index (κ3) is 3.10. The van der Waals surface area contributed by atoms with Crippen LogP contribution < -0.4 is 14.8 Å². The number of benzene rings is 2. The molecule has 3 aromatic rings. The largest absolute Gasteiger partial charge is 0.491 e. The van der Waals surface area contributed by atoms with E-state index in [0.29, 0.717) is 30.3 Å². The molecule has 1 amide bonds. The van der Waals surface area contributed by atoms with Gasteiger partial charge in [-0.15, -0.1) is 0 Å². The van der Waals surface area contributed by atoms with Gasteiger partial charge in [0.15, 0.2) is 0 Å². The second kappa shape index (κ2) is 6.91. The first-order valence-corrected chi connectivity index (χ1v) is 9.04. The van der Waals surface area contributed by atoms with E-state index >= 15 is 0 Å². The molecule has 0 atom stereocenters. The van der Waals surface area contributed by atoms with Gasteiger partial charge < -0.3 is 14.8 Å². The molecule has 0 saturated heterocycles. The molecule has 1 aliphatic rings. The average molecular weight is 362 g/mol. The molecule has 2 heterocycles. The van der Waals surface area contributed by atoms with Crippen LogP contribution in [-0.2, 0) is 6.42 Å². The van der Waals surface area contributed by atoms with Crippen molar-refractivity contribution in [3.05, 3.63) is 64.3 Å². The highest BCUT2D eigenvalue weighted by molar-refractivity contribution is 5.98. The number of fused-ring (bicyclic) bond motifs is 2. The van der Waals surface area contributed by atoms with Gasteiger partial charge in [0.05, 0.1) is 19.2 Å². The number of pyridine rings is 1. The summed E-state index contributed by atoms with van der Waals surface area (Å²) in [7, 11) is 1.63. The van der Waals surface area contributed by atoms with Gasteiger partial charge in [0.1, 0.15) is 12.4 Å². The second-order valence-corrected chi connectivity index (χ2v) is 6.82. The number of carbonyl (C=O) groups excluding carboxylic acids is 1. The lowest BCUT2D eigenvalue weighted by Gasteiger charge is -2.16. The predicted octanol–water partition coefficient (Wildman–Crippen LogP) is 3.57. The Morgan fingerprint density at radius 2 is 2.04 bits per heavy atom. The fourth-order valence-corrected chi connectivity index (χ4v) is 3.60. The third-order valence-corrected chi connectivity index (χ3v) is 5.21. The summed E-state index contributed by atoms with van der Waals surface area (Å²) in [6, 6.07) is 10.2. The summed E-state index contributed by atoms with van der Waals surface area (Å²) in [4.78, 5) is 16.7. The van der Waals surface area contributed by atoms with E-state index in [0.717, 1.165) is 33.9 Å². The summed E-state index contributed by atoms with van der Waals surface area (Å²) in [5, 5.41) is 4.97. The Morgan fingerprint density at radius 1 is 1.19 bits per heavy atom. The highest BCUT2D eigenvalue weighted by Gasteiger charge is 2.21. The Bertz CT molecular complexity index is 1040. The summed E-state index contributed by atoms with van der Waals surface area (Å²) in [5.74, 6) is 1.27. The van der Waals surface area contributed by atoms with E-state index in [9.17, 15) is 4.79 Å². The summed E-state index contributed by atoms with van der Waals surface area (Å²) in [6.45, 7) is 5.14. The topological polar surface area (TPSA) is 60.5 Å². The number of hydrogen-bond donors (Lipinski definition) is 1. The third-order valence-electron chi connectivity index (χ3n) is 5.21. The quantitative estimate of drug-likeness (QED) is 0.774. The minimum absolute atomic E-state index is 0.0684. The number of methoxy groups -OCH3 is 1. The lowest BCUT2D eigenvalue weighted by molar-refractivity contribution is 0.0957. The number of rotatable bonds is 3. The molecular formula is C22H22N2O3. The molecule has 138 valence electrons. The monoisotopic (exact) mass is 362 g/mol. The van der Waals surface area contributed by atoms with Crippen molar-refractivity contribution in [3.63, 3.8) is 0 Å². The van der Waals surface area contributed by atoms with Crippen molar-refractivity contribution in [2.24, 2.45) is 0 Å². The zero-order chi connectivity index (χ0) is 19.0. The van der Waals surface area contributed by atoms with Crippen molar-refractivity contribution in [2.75, 3.05) is 20.3 Å². The van der Waals surface area contributed by atoms with Crippen LogP contribution >= 0.6 is 0 Å². The van der Waals surface area contributed by atoms with Gasteiger partial charge in [0.25, 0.3) is 5.91 Å². The molecule has 27 heavy (non-hydrogen) atoms. The standard InChI is InChI=1S/C22H22N2O3/c1-13-14(2)20-19(21(25)23-8-9-27-20)12-17(13)11-15-4-5-18-16(10-15)6-7-24-22(18)26-3/h4-7,10,12H,8-9,11H2,1-3H3,(H,23,25). The molecule has 5 heteroatoms. The number of hydrogen-bond acceptors (Lipinski definition) is 4. The van der Waals surface area contributed by atoms with E-state index in [-0.39, 0.29) is 5.91 Å². The van der Waals surface area contributed by atoms with Gasteiger partial charge in [-0.25, -0.2) is 4.98 Å². The van der Waals surface area contributed by atoms with Crippen LogP contribution in [0.15, 0.2) is 36.5 Å². The van der Waals surface area contributed by atoms with Gasteiger partial charge >= 0.3 is 0 Å². The van der Waals surface area contributed by atoms with E-state index in [2.05, 4.69) is 29.4 Å². The van der Waals surface area contributed by atoms with E-state index in [4.69, 9.17) is 9.47 Å². The van der Waals surface area contributed by atoms with Crippen LogP contribution in [0.3, 0.4) is 0 Å². The smallest absolute Gasteiger partial charge is 0.255 e. The van der Waals surface area contributed by atoms with Crippen LogP contribution in [0.1, 0.15) is 32.6 Å². The van der Waals surface area contributed by atoms with Crippen molar-refractivity contribution < 1.29 is 14.3 Å². The van der Waals surface area contributed by atoms with E-state index in [1.54, 1.807) is 13.3 Å². The fourth-order valence-electron chi connectivity index (χ4n) is 3.60. The maximum atomic E-state index is 12.4. The van der Waals surface area contributed by atoms with Crippen LogP contribution in [0, 0.1) is 13.8 Å². The Hall–Kier alpha value is -3.08. The van der Waals surface area contributed by atoms with Crippen molar-refractivity contribution in [1.82, 2.24) is 10.3 Å². The number of ether oxygens (including phenoxy) is 2. The predicted molar refractivity (Wildman–Crippen MR) is 105 cm³/mol. The van der Waals surface area contributed by atoms with Crippen LogP contribution in [0.2, 0.25) is 0 Å². The maximum Gasteiger partial charge on any atom is 0.255 e. The molecule has 1 aliphatic heterocycles. The van der Waals surface area contributed by atoms with E-state index in [1.165, 1.54) is 5.56 Å². The Balaban J connectivity index is 1.75. The molecule has 2 aromatic carbocycles. The molecule has 1 aromatic heterocycles. The molecule has 0 saturated carbocycles. The lowest BCUT2D eigenvalue weighted by Crippen LogP contribution is -2.24. The first-order valence-electron chi connectivity index (χ1n) is 9.04. The highest BCUT2D eigenvalue weighted by atomic mass is 16.5. The molecule has 0 unspecified atom stereocenters. The Kier molecular flexibility index (Phi) is 4.44. The minimum atomic E-state index is -0.0684.